The molecule has 2 unspecified atom stereocenters. The average molecular weight is 288 g/mol. The summed E-state index contributed by atoms with van der Waals surface area (Å²) in [6.45, 7) is 7.96. The monoisotopic (exact) mass is 288 g/mol. The summed E-state index contributed by atoms with van der Waals surface area (Å²) in [4.78, 5) is 2.52. The Labute approximate surface area is 128 Å². The maximum absolute atomic E-state index is 5.85. The van der Waals surface area contributed by atoms with Crippen molar-refractivity contribution in [2.24, 2.45) is 11.8 Å². The molecule has 3 heteroatoms. The molecule has 0 saturated carbocycles. The van der Waals surface area contributed by atoms with E-state index in [1.807, 2.05) is 0 Å². The van der Waals surface area contributed by atoms with Gasteiger partial charge in [-0.05, 0) is 62.7 Å². The van der Waals surface area contributed by atoms with Crippen LogP contribution < -0.4 is 15.0 Å². The normalized spacial score (nSPS) is 23.9. The predicted molar refractivity (Wildman–Crippen MR) is 88.1 cm³/mol. The van der Waals surface area contributed by atoms with Gasteiger partial charge in [0.1, 0.15) is 5.75 Å². The highest BCUT2D eigenvalue weighted by molar-refractivity contribution is 5.58. The van der Waals surface area contributed by atoms with Gasteiger partial charge in [0.15, 0.2) is 0 Å². The van der Waals surface area contributed by atoms with Crippen LogP contribution in [-0.2, 0) is 0 Å². The second kappa shape index (κ2) is 7.17. The Balaban J connectivity index is 1.59. The molecule has 2 aliphatic heterocycles. The van der Waals surface area contributed by atoms with E-state index in [1.165, 1.54) is 38.0 Å². The lowest BCUT2D eigenvalue weighted by Crippen LogP contribution is -2.35. The van der Waals surface area contributed by atoms with E-state index in [9.17, 15) is 0 Å². The van der Waals surface area contributed by atoms with Crippen LogP contribution in [0.15, 0.2) is 24.3 Å². The standard InChI is InChI=1S/C18H28N2O/c1-15(16-6-4-10-19-14-16)9-12-20-11-5-13-21-18-8-3-2-7-17(18)20/h2-3,7-8,15-16,19H,4-6,9-14H2,1H3. The first-order valence-corrected chi connectivity index (χ1v) is 8.52. The molecule has 21 heavy (non-hydrogen) atoms. The number of rotatable bonds is 4. The van der Waals surface area contributed by atoms with Gasteiger partial charge in [0.05, 0.1) is 12.3 Å². The third-order valence-corrected chi connectivity index (χ3v) is 5.03. The number of hydrogen-bond donors (Lipinski definition) is 1. The number of nitrogens with one attached hydrogen (secondary N) is 1. The van der Waals surface area contributed by atoms with Crippen molar-refractivity contribution in [1.29, 1.82) is 0 Å². The molecule has 1 N–H and O–H groups in total. The first-order valence-electron chi connectivity index (χ1n) is 8.52. The van der Waals surface area contributed by atoms with E-state index in [4.69, 9.17) is 4.74 Å². The zero-order valence-electron chi connectivity index (χ0n) is 13.2. The molecule has 1 fully saturated rings. The van der Waals surface area contributed by atoms with Gasteiger partial charge in [0.25, 0.3) is 0 Å². The minimum atomic E-state index is 0.800. The molecule has 0 bridgehead atoms. The Morgan fingerprint density at radius 2 is 2.24 bits per heavy atom. The van der Waals surface area contributed by atoms with Gasteiger partial charge in [-0.25, -0.2) is 0 Å². The van der Waals surface area contributed by atoms with Gasteiger partial charge in [-0.2, -0.15) is 0 Å². The van der Waals surface area contributed by atoms with Crippen molar-refractivity contribution in [3.63, 3.8) is 0 Å². The molecule has 2 heterocycles. The second-order valence-corrected chi connectivity index (χ2v) is 6.53. The zero-order chi connectivity index (χ0) is 14.5. The molecular weight excluding hydrogens is 260 g/mol. The minimum absolute atomic E-state index is 0.800. The van der Waals surface area contributed by atoms with Crippen LogP contribution in [0.25, 0.3) is 0 Å². The fourth-order valence-corrected chi connectivity index (χ4v) is 3.59. The molecule has 0 spiro atoms. The maximum atomic E-state index is 5.85. The van der Waals surface area contributed by atoms with Crippen LogP contribution in [0.3, 0.4) is 0 Å². The lowest BCUT2D eigenvalue weighted by molar-refractivity contribution is 0.269. The first kappa shape index (κ1) is 14.7. The molecule has 2 atom stereocenters. The molecule has 2 aliphatic rings. The van der Waals surface area contributed by atoms with Crippen molar-refractivity contribution in [1.82, 2.24) is 5.32 Å². The molecule has 1 aromatic carbocycles. The summed E-state index contributed by atoms with van der Waals surface area (Å²) in [6.07, 6.45) is 5.14. The van der Waals surface area contributed by atoms with E-state index in [0.717, 1.165) is 43.7 Å². The van der Waals surface area contributed by atoms with Crippen LogP contribution in [0, 0.1) is 11.8 Å². The molecule has 0 radical (unpaired) electrons. The van der Waals surface area contributed by atoms with Crippen LogP contribution in [0.5, 0.6) is 5.75 Å². The maximum Gasteiger partial charge on any atom is 0.142 e. The predicted octanol–water partition coefficient (Wildman–Crippen LogP) is 3.30. The van der Waals surface area contributed by atoms with Gasteiger partial charge in [0, 0.05) is 13.1 Å². The molecule has 3 rings (SSSR count). The number of fused-ring (bicyclic) bond motifs is 1. The Morgan fingerprint density at radius 1 is 1.33 bits per heavy atom. The van der Waals surface area contributed by atoms with E-state index >= 15 is 0 Å². The fraction of sp³-hybridized carbons (Fsp3) is 0.667. The van der Waals surface area contributed by atoms with Crippen molar-refractivity contribution in [3.8, 4) is 5.75 Å². The molecule has 116 valence electrons. The lowest BCUT2D eigenvalue weighted by atomic mass is 9.85. The van der Waals surface area contributed by atoms with Gasteiger partial charge in [-0.15, -0.1) is 0 Å². The smallest absolute Gasteiger partial charge is 0.142 e. The van der Waals surface area contributed by atoms with E-state index in [-0.39, 0.29) is 0 Å². The Hall–Kier alpha value is -1.22. The van der Waals surface area contributed by atoms with Crippen molar-refractivity contribution in [3.05, 3.63) is 24.3 Å². The third-order valence-electron chi connectivity index (χ3n) is 5.03. The average Bonchev–Trinajstić information content (AvgIpc) is 2.76. The lowest BCUT2D eigenvalue weighted by Gasteiger charge is -2.31. The highest BCUT2D eigenvalue weighted by atomic mass is 16.5. The summed E-state index contributed by atoms with van der Waals surface area (Å²) in [5, 5.41) is 3.55. The highest BCUT2D eigenvalue weighted by Gasteiger charge is 2.22. The van der Waals surface area contributed by atoms with Crippen molar-refractivity contribution in [2.45, 2.75) is 32.6 Å². The quantitative estimate of drug-likeness (QED) is 0.920. The number of piperidine rings is 1. The Morgan fingerprint density at radius 3 is 3.10 bits per heavy atom. The van der Waals surface area contributed by atoms with Crippen LogP contribution in [0.4, 0.5) is 5.69 Å². The summed E-state index contributed by atoms with van der Waals surface area (Å²) in [6, 6.07) is 8.49. The summed E-state index contributed by atoms with van der Waals surface area (Å²) in [5.41, 5.74) is 1.28. The topological polar surface area (TPSA) is 24.5 Å². The summed E-state index contributed by atoms with van der Waals surface area (Å²) < 4.78 is 5.85. The number of para-hydroxylation sites is 2. The first-order chi connectivity index (χ1) is 10.3. The van der Waals surface area contributed by atoms with Gasteiger partial charge < -0.3 is 15.0 Å². The number of hydrogen-bond acceptors (Lipinski definition) is 3. The molecule has 0 aromatic heterocycles. The summed E-state index contributed by atoms with van der Waals surface area (Å²) in [7, 11) is 0. The highest BCUT2D eigenvalue weighted by Crippen LogP contribution is 2.31. The van der Waals surface area contributed by atoms with Crippen LogP contribution in [0.1, 0.15) is 32.6 Å². The van der Waals surface area contributed by atoms with Gasteiger partial charge in [0.2, 0.25) is 0 Å². The molecule has 1 saturated heterocycles. The second-order valence-electron chi connectivity index (χ2n) is 6.53. The zero-order valence-corrected chi connectivity index (χ0v) is 13.2. The van der Waals surface area contributed by atoms with E-state index in [2.05, 4.69) is 41.4 Å². The third kappa shape index (κ3) is 3.70. The SMILES string of the molecule is CC(CCN1CCCOc2ccccc21)C1CCCNC1. The number of anilines is 1. The van der Waals surface area contributed by atoms with Crippen molar-refractivity contribution < 1.29 is 4.74 Å². The van der Waals surface area contributed by atoms with Gasteiger partial charge >= 0.3 is 0 Å². The van der Waals surface area contributed by atoms with Crippen LogP contribution >= 0.6 is 0 Å². The summed E-state index contributed by atoms with van der Waals surface area (Å²) >= 11 is 0. The van der Waals surface area contributed by atoms with E-state index in [0.29, 0.717) is 0 Å². The van der Waals surface area contributed by atoms with E-state index < -0.39 is 0 Å². The minimum Gasteiger partial charge on any atom is -0.491 e. The van der Waals surface area contributed by atoms with Crippen LogP contribution in [-0.4, -0.2) is 32.8 Å². The molecular formula is C18H28N2O. The number of benzene rings is 1. The fourth-order valence-electron chi connectivity index (χ4n) is 3.59. The van der Waals surface area contributed by atoms with E-state index in [1.54, 1.807) is 0 Å². The Kier molecular flexibility index (Phi) is 5.02. The molecule has 0 amide bonds. The molecule has 1 aromatic rings. The van der Waals surface area contributed by atoms with Gasteiger partial charge in [-0.1, -0.05) is 19.1 Å². The van der Waals surface area contributed by atoms with Crippen molar-refractivity contribution in [2.75, 3.05) is 37.7 Å². The molecule has 3 nitrogen and oxygen atoms in total. The van der Waals surface area contributed by atoms with Crippen LogP contribution in [0.2, 0.25) is 0 Å². The molecule has 0 aliphatic carbocycles. The van der Waals surface area contributed by atoms with Crippen molar-refractivity contribution >= 4 is 5.69 Å². The summed E-state index contributed by atoms with van der Waals surface area (Å²) in [5.74, 6) is 2.72. The Bertz CT molecular complexity index is 443. The number of ether oxygens (including phenoxy) is 1. The number of nitrogens with zero attached hydrogens (tertiary/aromatic N) is 1. The van der Waals surface area contributed by atoms with Gasteiger partial charge in [-0.3, -0.25) is 0 Å². The largest absolute Gasteiger partial charge is 0.491 e.